The summed E-state index contributed by atoms with van der Waals surface area (Å²) in [4.78, 5) is 17.1. The first-order chi connectivity index (χ1) is 14.3. The quantitative estimate of drug-likeness (QED) is 0.450. The largest absolute Gasteiger partial charge is 0.417 e. The van der Waals surface area contributed by atoms with Crippen molar-refractivity contribution in [1.29, 1.82) is 0 Å². The van der Waals surface area contributed by atoms with Gasteiger partial charge in [-0.25, -0.2) is 15.0 Å². The van der Waals surface area contributed by atoms with Gasteiger partial charge >= 0.3 is 6.18 Å². The number of alkyl halides is 3. The van der Waals surface area contributed by atoms with Crippen LogP contribution in [0.4, 0.5) is 24.8 Å². The fourth-order valence-electron chi connectivity index (χ4n) is 3.24. The van der Waals surface area contributed by atoms with Crippen LogP contribution in [0.1, 0.15) is 30.9 Å². The summed E-state index contributed by atoms with van der Waals surface area (Å²) >= 11 is 0. The molecule has 0 radical (unpaired) electrons. The molecule has 3 heterocycles. The molecule has 0 unspecified atom stereocenters. The molecule has 0 aliphatic carbocycles. The molecule has 4 rings (SSSR count). The SMILES string of the molecule is CC(C)c1c(Nc2ccc(C(F)(F)F)cn2)ncnc1-c1ccc2cccnc2c1. The van der Waals surface area contributed by atoms with Crippen molar-refractivity contribution < 1.29 is 13.2 Å². The molecule has 152 valence electrons. The monoisotopic (exact) mass is 409 g/mol. The van der Waals surface area contributed by atoms with Crippen LogP contribution in [-0.2, 0) is 6.18 Å². The summed E-state index contributed by atoms with van der Waals surface area (Å²) in [5, 5.41) is 4.06. The van der Waals surface area contributed by atoms with E-state index in [1.807, 2.05) is 44.2 Å². The molecular formula is C22H18F3N5. The third kappa shape index (κ3) is 3.94. The van der Waals surface area contributed by atoms with Gasteiger partial charge in [0, 0.05) is 28.9 Å². The zero-order chi connectivity index (χ0) is 21.3. The van der Waals surface area contributed by atoms with E-state index in [1.165, 1.54) is 12.4 Å². The molecule has 1 aromatic carbocycles. The average molecular weight is 409 g/mol. The molecule has 0 bridgehead atoms. The predicted octanol–water partition coefficient (Wildman–Crippen LogP) is 5.97. The van der Waals surface area contributed by atoms with Crippen molar-refractivity contribution in [3.05, 3.63) is 72.3 Å². The van der Waals surface area contributed by atoms with Gasteiger partial charge in [0.05, 0.1) is 16.8 Å². The van der Waals surface area contributed by atoms with Crippen molar-refractivity contribution in [2.75, 3.05) is 5.32 Å². The topological polar surface area (TPSA) is 63.6 Å². The molecule has 4 aromatic rings. The standard InChI is InChI=1S/C22H18F3N5/c1-13(2)19-20(15-6-5-14-4-3-9-26-17(14)10-15)28-12-29-21(19)30-18-8-7-16(11-27-18)22(23,24)25/h3-13H,1-2H3,(H,27,28,29,30). The number of fused-ring (bicyclic) bond motifs is 1. The number of nitrogens with zero attached hydrogens (tertiary/aromatic N) is 4. The van der Waals surface area contributed by atoms with Crippen molar-refractivity contribution in [3.63, 3.8) is 0 Å². The number of hydrogen-bond donors (Lipinski definition) is 1. The van der Waals surface area contributed by atoms with Crippen LogP contribution in [0.3, 0.4) is 0 Å². The van der Waals surface area contributed by atoms with E-state index in [2.05, 4.69) is 25.3 Å². The highest BCUT2D eigenvalue weighted by Gasteiger charge is 2.30. The summed E-state index contributed by atoms with van der Waals surface area (Å²) in [6.45, 7) is 4.01. The summed E-state index contributed by atoms with van der Waals surface area (Å²) < 4.78 is 38.3. The van der Waals surface area contributed by atoms with Crippen LogP contribution < -0.4 is 5.32 Å². The minimum Gasteiger partial charge on any atom is -0.325 e. The summed E-state index contributed by atoms with van der Waals surface area (Å²) in [6, 6.07) is 12.1. The van der Waals surface area contributed by atoms with Crippen molar-refractivity contribution >= 4 is 22.5 Å². The Morgan fingerprint density at radius 3 is 2.47 bits per heavy atom. The second-order valence-corrected chi connectivity index (χ2v) is 7.11. The van der Waals surface area contributed by atoms with Crippen LogP contribution in [0.5, 0.6) is 0 Å². The van der Waals surface area contributed by atoms with Crippen LogP contribution in [0.15, 0.2) is 61.2 Å². The summed E-state index contributed by atoms with van der Waals surface area (Å²) in [5.74, 6) is 0.829. The number of rotatable bonds is 4. The minimum absolute atomic E-state index is 0.0533. The van der Waals surface area contributed by atoms with Crippen molar-refractivity contribution in [1.82, 2.24) is 19.9 Å². The van der Waals surface area contributed by atoms with E-state index in [-0.39, 0.29) is 11.7 Å². The Morgan fingerprint density at radius 2 is 1.77 bits per heavy atom. The first-order valence-corrected chi connectivity index (χ1v) is 9.33. The molecule has 0 fully saturated rings. The van der Waals surface area contributed by atoms with E-state index in [1.54, 1.807) is 6.20 Å². The third-order valence-corrected chi connectivity index (χ3v) is 4.68. The number of aromatic nitrogens is 4. The smallest absolute Gasteiger partial charge is 0.325 e. The van der Waals surface area contributed by atoms with Crippen LogP contribution in [0.25, 0.3) is 22.2 Å². The van der Waals surface area contributed by atoms with Crippen LogP contribution in [0.2, 0.25) is 0 Å². The maximum Gasteiger partial charge on any atom is 0.417 e. The van der Waals surface area contributed by atoms with Gasteiger partial charge in [-0.05, 0) is 30.2 Å². The Balaban J connectivity index is 1.74. The van der Waals surface area contributed by atoms with Crippen molar-refractivity contribution in [3.8, 4) is 11.3 Å². The van der Waals surface area contributed by atoms with Gasteiger partial charge in [0.15, 0.2) is 0 Å². The summed E-state index contributed by atoms with van der Waals surface area (Å²) in [7, 11) is 0. The van der Waals surface area contributed by atoms with Crippen LogP contribution >= 0.6 is 0 Å². The fraction of sp³-hybridized carbons (Fsp3) is 0.182. The Labute approximate surface area is 171 Å². The highest BCUT2D eigenvalue weighted by molar-refractivity contribution is 5.84. The van der Waals surface area contributed by atoms with Crippen LogP contribution in [-0.4, -0.2) is 19.9 Å². The molecule has 0 spiro atoms. The van der Waals surface area contributed by atoms with Gasteiger partial charge in [-0.1, -0.05) is 32.0 Å². The van der Waals surface area contributed by atoms with Gasteiger partial charge in [0.1, 0.15) is 18.0 Å². The summed E-state index contributed by atoms with van der Waals surface area (Å²) in [5.41, 5.74) is 2.51. The van der Waals surface area contributed by atoms with Gasteiger partial charge in [-0.3, -0.25) is 4.98 Å². The average Bonchev–Trinajstić information content (AvgIpc) is 2.73. The lowest BCUT2D eigenvalue weighted by molar-refractivity contribution is -0.137. The molecule has 3 aromatic heterocycles. The molecule has 0 amide bonds. The normalized spacial score (nSPS) is 11.8. The lowest BCUT2D eigenvalue weighted by atomic mass is 9.96. The van der Waals surface area contributed by atoms with E-state index in [4.69, 9.17) is 0 Å². The highest BCUT2D eigenvalue weighted by Crippen LogP contribution is 2.34. The zero-order valence-electron chi connectivity index (χ0n) is 16.3. The molecular weight excluding hydrogens is 391 g/mol. The molecule has 1 N–H and O–H groups in total. The summed E-state index contributed by atoms with van der Waals surface area (Å²) in [6.07, 6.45) is -0.468. The molecule has 0 aliphatic rings. The van der Waals surface area contributed by atoms with Gasteiger partial charge in [0.2, 0.25) is 0 Å². The molecule has 8 heteroatoms. The Morgan fingerprint density at radius 1 is 0.933 bits per heavy atom. The van der Waals surface area contributed by atoms with Crippen molar-refractivity contribution in [2.45, 2.75) is 25.9 Å². The van der Waals surface area contributed by atoms with E-state index in [0.29, 0.717) is 5.82 Å². The third-order valence-electron chi connectivity index (χ3n) is 4.68. The van der Waals surface area contributed by atoms with E-state index in [0.717, 1.165) is 40.0 Å². The van der Waals surface area contributed by atoms with Crippen LogP contribution in [0, 0.1) is 0 Å². The number of hydrogen-bond acceptors (Lipinski definition) is 5. The van der Waals surface area contributed by atoms with Gasteiger partial charge in [-0.15, -0.1) is 0 Å². The minimum atomic E-state index is -4.43. The highest BCUT2D eigenvalue weighted by atomic mass is 19.4. The van der Waals surface area contributed by atoms with E-state index >= 15 is 0 Å². The van der Waals surface area contributed by atoms with Crippen molar-refractivity contribution in [2.24, 2.45) is 0 Å². The number of pyridine rings is 2. The second kappa shape index (κ2) is 7.70. The Hall–Kier alpha value is -3.55. The predicted molar refractivity (Wildman–Crippen MR) is 109 cm³/mol. The first-order valence-electron chi connectivity index (χ1n) is 9.33. The van der Waals surface area contributed by atoms with Gasteiger partial charge in [-0.2, -0.15) is 13.2 Å². The van der Waals surface area contributed by atoms with Gasteiger partial charge < -0.3 is 5.32 Å². The molecule has 0 aliphatic heterocycles. The maximum absolute atomic E-state index is 12.8. The van der Waals surface area contributed by atoms with E-state index < -0.39 is 11.7 Å². The zero-order valence-corrected chi connectivity index (χ0v) is 16.3. The van der Waals surface area contributed by atoms with E-state index in [9.17, 15) is 13.2 Å². The maximum atomic E-state index is 12.8. The number of anilines is 2. The number of halogens is 3. The fourth-order valence-corrected chi connectivity index (χ4v) is 3.24. The molecule has 0 saturated heterocycles. The second-order valence-electron chi connectivity index (χ2n) is 7.11. The Bertz CT molecular complexity index is 1190. The number of benzene rings is 1. The van der Waals surface area contributed by atoms with Gasteiger partial charge in [0.25, 0.3) is 0 Å². The molecule has 0 saturated carbocycles. The molecule has 30 heavy (non-hydrogen) atoms. The first kappa shape index (κ1) is 19.8. The molecule has 0 atom stereocenters. The lowest BCUT2D eigenvalue weighted by Gasteiger charge is -2.17. The molecule has 5 nitrogen and oxygen atoms in total. The number of nitrogens with one attached hydrogen (secondary N) is 1. The lowest BCUT2D eigenvalue weighted by Crippen LogP contribution is -2.08. The Kier molecular flexibility index (Phi) is 5.07.